The van der Waals surface area contributed by atoms with Crippen LogP contribution in [0.1, 0.15) is 6.42 Å². The van der Waals surface area contributed by atoms with Gasteiger partial charge in [0.05, 0.1) is 18.2 Å². The third-order valence-corrected chi connectivity index (χ3v) is 5.39. The molecule has 0 aliphatic carbocycles. The van der Waals surface area contributed by atoms with Crippen molar-refractivity contribution in [3.8, 4) is 5.75 Å². The summed E-state index contributed by atoms with van der Waals surface area (Å²) in [5, 5.41) is 9.92. The molecule has 6 nitrogen and oxygen atoms in total. The molecule has 0 aromatic heterocycles. The van der Waals surface area contributed by atoms with E-state index in [-0.39, 0.29) is 24.0 Å². The molecule has 1 atom stereocenters. The predicted octanol–water partition coefficient (Wildman–Crippen LogP) is 2.50. The number of imide groups is 1. The van der Waals surface area contributed by atoms with Crippen LogP contribution in [0.2, 0.25) is 5.02 Å². The van der Waals surface area contributed by atoms with Gasteiger partial charge in [0.1, 0.15) is 5.75 Å². The summed E-state index contributed by atoms with van der Waals surface area (Å²) in [4.78, 5) is 30.9. The summed E-state index contributed by atoms with van der Waals surface area (Å²) in [7, 11) is 0. The van der Waals surface area contributed by atoms with Gasteiger partial charge in [0.2, 0.25) is 5.91 Å². The van der Waals surface area contributed by atoms with E-state index in [1.807, 2.05) is 12.1 Å². The van der Waals surface area contributed by atoms with E-state index in [0.29, 0.717) is 23.8 Å². The molecule has 2 aliphatic heterocycles. The first-order chi connectivity index (χ1) is 13.0. The van der Waals surface area contributed by atoms with Gasteiger partial charge in [0.25, 0.3) is 5.91 Å². The lowest BCUT2D eigenvalue weighted by atomic mass is 10.1. The molecule has 140 valence electrons. The minimum absolute atomic E-state index is 0.180. The molecule has 7 heteroatoms. The topological polar surface area (TPSA) is 64.1 Å². The molecule has 2 aromatic rings. The van der Waals surface area contributed by atoms with E-state index in [9.17, 15) is 14.7 Å². The first-order valence-corrected chi connectivity index (χ1v) is 9.31. The summed E-state index contributed by atoms with van der Waals surface area (Å²) in [5.41, 5.74) is 1.57. The van der Waals surface area contributed by atoms with Gasteiger partial charge in [-0.2, -0.15) is 0 Å². The van der Waals surface area contributed by atoms with Crippen LogP contribution in [0, 0.1) is 0 Å². The van der Waals surface area contributed by atoms with E-state index >= 15 is 0 Å². The number of halogens is 1. The van der Waals surface area contributed by atoms with Crippen LogP contribution in [-0.2, 0) is 9.59 Å². The molecule has 2 aliphatic rings. The van der Waals surface area contributed by atoms with Crippen molar-refractivity contribution in [2.24, 2.45) is 0 Å². The van der Waals surface area contributed by atoms with Crippen molar-refractivity contribution in [3.05, 3.63) is 53.6 Å². The van der Waals surface area contributed by atoms with Crippen LogP contribution in [0.15, 0.2) is 48.5 Å². The fourth-order valence-electron chi connectivity index (χ4n) is 3.74. The largest absolute Gasteiger partial charge is 0.508 e. The van der Waals surface area contributed by atoms with Crippen molar-refractivity contribution >= 4 is 34.8 Å². The van der Waals surface area contributed by atoms with E-state index in [4.69, 9.17) is 11.6 Å². The van der Waals surface area contributed by atoms with Crippen molar-refractivity contribution in [3.63, 3.8) is 0 Å². The predicted molar refractivity (Wildman–Crippen MR) is 104 cm³/mol. The molecule has 2 heterocycles. The van der Waals surface area contributed by atoms with E-state index in [0.717, 1.165) is 18.8 Å². The van der Waals surface area contributed by atoms with Gasteiger partial charge >= 0.3 is 0 Å². The maximum Gasteiger partial charge on any atom is 0.251 e. The molecular weight excluding hydrogens is 366 g/mol. The molecule has 2 fully saturated rings. The highest BCUT2D eigenvalue weighted by Crippen LogP contribution is 2.28. The lowest BCUT2D eigenvalue weighted by Crippen LogP contribution is -2.52. The number of phenols is 1. The molecule has 0 radical (unpaired) electrons. The average Bonchev–Trinajstić information content (AvgIpc) is 2.97. The van der Waals surface area contributed by atoms with Gasteiger partial charge in [0, 0.05) is 36.9 Å². The Kier molecular flexibility index (Phi) is 4.76. The maximum absolute atomic E-state index is 12.9. The smallest absolute Gasteiger partial charge is 0.251 e. The zero-order valence-corrected chi connectivity index (χ0v) is 15.5. The van der Waals surface area contributed by atoms with Crippen LogP contribution in [0.4, 0.5) is 11.4 Å². The molecule has 0 bridgehead atoms. The quantitative estimate of drug-likeness (QED) is 0.822. The zero-order valence-electron chi connectivity index (χ0n) is 14.7. The number of piperazine rings is 1. The van der Waals surface area contributed by atoms with Crippen LogP contribution in [0.3, 0.4) is 0 Å². The average molecular weight is 386 g/mol. The third-order valence-electron chi connectivity index (χ3n) is 5.16. The van der Waals surface area contributed by atoms with Crippen molar-refractivity contribution in [1.82, 2.24) is 4.90 Å². The summed E-state index contributed by atoms with van der Waals surface area (Å²) in [6.45, 7) is 2.93. The highest BCUT2D eigenvalue weighted by Gasteiger charge is 2.43. The van der Waals surface area contributed by atoms with Crippen molar-refractivity contribution in [2.75, 3.05) is 36.0 Å². The summed E-state index contributed by atoms with van der Waals surface area (Å²) in [6.07, 6.45) is 0.199. The Labute approximate surface area is 162 Å². The first-order valence-electron chi connectivity index (χ1n) is 8.93. The fourth-order valence-corrected chi connectivity index (χ4v) is 3.93. The van der Waals surface area contributed by atoms with Gasteiger partial charge in [-0.25, -0.2) is 4.90 Å². The van der Waals surface area contributed by atoms with Gasteiger partial charge in [0.15, 0.2) is 0 Å². The standard InChI is InChI=1S/C20H20ClN3O3/c21-14-2-1-3-16(12-14)24-19(26)13-18(20(24)27)23-10-8-22(9-11-23)15-4-6-17(25)7-5-15/h1-7,12,18,25H,8-11,13H2/t18-/m1/s1. The van der Waals surface area contributed by atoms with Crippen LogP contribution >= 0.6 is 11.6 Å². The monoisotopic (exact) mass is 385 g/mol. The molecule has 0 unspecified atom stereocenters. The summed E-state index contributed by atoms with van der Waals surface area (Å²) >= 11 is 6.01. The molecule has 4 rings (SSSR count). The van der Waals surface area contributed by atoms with Gasteiger partial charge in [-0.3, -0.25) is 14.5 Å². The zero-order chi connectivity index (χ0) is 19.0. The number of hydrogen-bond acceptors (Lipinski definition) is 5. The Morgan fingerprint density at radius 2 is 1.63 bits per heavy atom. The normalized spacial score (nSPS) is 21.1. The highest BCUT2D eigenvalue weighted by molar-refractivity contribution is 6.31. The van der Waals surface area contributed by atoms with Gasteiger partial charge in [-0.15, -0.1) is 0 Å². The Hall–Kier alpha value is -2.57. The van der Waals surface area contributed by atoms with Gasteiger partial charge in [-0.05, 0) is 42.5 Å². The molecular formula is C20H20ClN3O3. The fraction of sp³-hybridized carbons (Fsp3) is 0.300. The highest BCUT2D eigenvalue weighted by atomic mass is 35.5. The van der Waals surface area contributed by atoms with E-state index in [1.54, 1.807) is 36.4 Å². The number of nitrogens with zero attached hydrogens (tertiary/aromatic N) is 3. The molecule has 0 spiro atoms. The Morgan fingerprint density at radius 1 is 0.926 bits per heavy atom. The molecule has 1 N–H and O–H groups in total. The third kappa shape index (κ3) is 3.50. The van der Waals surface area contributed by atoms with Gasteiger partial charge < -0.3 is 10.0 Å². The maximum atomic E-state index is 12.9. The second kappa shape index (κ2) is 7.21. The lowest BCUT2D eigenvalue weighted by Gasteiger charge is -2.38. The SMILES string of the molecule is O=C1C[C@@H](N2CCN(c3ccc(O)cc3)CC2)C(=O)N1c1cccc(Cl)c1. The Morgan fingerprint density at radius 3 is 2.30 bits per heavy atom. The summed E-state index contributed by atoms with van der Waals surface area (Å²) in [5.74, 6) is -0.123. The molecule has 27 heavy (non-hydrogen) atoms. The summed E-state index contributed by atoms with van der Waals surface area (Å²) < 4.78 is 0. The number of carbonyl (C=O) groups excluding carboxylic acids is 2. The number of phenolic OH excluding ortho intramolecular Hbond substituents is 1. The molecule has 2 amide bonds. The first kappa shape index (κ1) is 17.8. The van der Waals surface area contributed by atoms with Crippen LogP contribution in [0.5, 0.6) is 5.75 Å². The lowest BCUT2D eigenvalue weighted by molar-refractivity contribution is -0.123. The van der Waals surface area contributed by atoms with Crippen LogP contribution in [-0.4, -0.2) is 54.0 Å². The number of carbonyl (C=O) groups is 2. The second-order valence-electron chi connectivity index (χ2n) is 6.81. The van der Waals surface area contributed by atoms with Crippen molar-refractivity contribution < 1.29 is 14.7 Å². The minimum atomic E-state index is -0.418. The Bertz CT molecular complexity index is 863. The number of rotatable bonds is 3. The van der Waals surface area contributed by atoms with E-state index < -0.39 is 6.04 Å². The number of hydrogen-bond donors (Lipinski definition) is 1. The number of amides is 2. The summed E-state index contributed by atoms with van der Waals surface area (Å²) in [6, 6.07) is 13.5. The number of benzene rings is 2. The number of anilines is 2. The van der Waals surface area contributed by atoms with Gasteiger partial charge in [-0.1, -0.05) is 17.7 Å². The number of aromatic hydroxyl groups is 1. The van der Waals surface area contributed by atoms with Crippen molar-refractivity contribution in [2.45, 2.75) is 12.5 Å². The second-order valence-corrected chi connectivity index (χ2v) is 7.24. The van der Waals surface area contributed by atoms with Crippen molar-refractivity contribution in [1.29, 1.82) is 0 Å². The minimum Gasteiger partial charge on any atom is -0.508 e. The van der Waals surface area contributed by atoms with E-state index in [2.05, 4.69) is 9.80 Å². The van der Waals surface area contributed by atoms with Crippen LogP contribution < -0.4 is 9.80 Å². The van der Waals surface area contributed by atoms with E-state index in [1.165, 1.54) is 4.90 Å². The molecule has 2 saturated heterocycles. The molecule has 0 saturated carbocycles. The Balaban J connectivity index is 1.44. The van der Waals surface area contributed by atoms with Crippen LogP contribution in [0.25, 0.3) is 0 Å². The molecule has 2 aromatic carbocycles.